The van der Waals surface area contributed by atoms with Crippen LogP contribution in [-0.2, 0) is 4.74 Å². The summed E-state index contributed by atoms with van der Waals surface area (Å²) in [5, 5.41) is 0. The summed E-state index contributed by atoms with van der Waals surface area (Å²) in [5.41, 5.74) is -0.655. The Morgan fingerprint density at radius 3 is 2.79 bits per heavy atom. The second-order valence-electron chi connectivity index (χ2n) is 3.78. The molecule has 0 N–H and O–H groups in total. The third-order valence-corrected chi connectivity index (χ3v) is 3.13. The Kier molecular flexibility index (Phi) is 4.48. The molecule has 14 heavy (non-hydrogen) atoms. The number of ether oxygens (including phenoxy) is 1. The van der Waals surface area contributed by atoms with E-state index in [0.717, 1.165) is 25.9 Å². The quantitative estimate of drug-likeness (QED) is 0.659. The molecule has 2 heterocycles. The van der Waals surface area contributed by atoms with Gasteiger partial charge in [-0.3, -0.25) is 4.90 Å². The maximum atomic E-state index is 10.6. The molecule has 0 aliphatic carbocycles. The van der Waals surface area contributed by atoms with Gasteiger partial charge in [0.25, 0.3) is 0 Å². The molecule has 2 aliphatic rings. The summed E-state index contributed by atoms with van der Waals surface area (Å²) in [6.45, 7) is 2.21. The molecule has 2 unspecified atom stereocenters. The highest BCUT2D eigenvalue weighted by Crippen LogP contribution is 2.29. The van der Waals surface area contributed by atoms with Gasteiger partial charge in [-0.2, -0.15) is 0 Å². The summed E-state index contributed by atoms with van der Waals surface area (Å²) in [7, 11) is 0. The van der Waals surface area contributed by atoms with Crippen LogP contribution >= 0.6 is 24.0 Å². The molecule has 0 spiro atoms. The van der Waals surface area contributed by atoms with Crippen LogP contribution in [0.2, 0.25) is 0 Å². The van der Waals surface area contributed by atoms with E-state index in [-0.39, 0.29) is 18.5 Å². The summed E-state index contributed by atoms with van der Waals surface area (Å²) in [4.78, 5) is 13.0. The van der Waals surface area contributed by atoms with Crippen LogP contribution in [0.25, 0.3) is 0 Å². The first-order chi connectivity index (χ1) is 6.27. The van der Waals surface area contributed by atoms with Gasteiger partial charge >= 0.3 is 5.43 Å². The van der Waals surface area contributed by atoms with Crippen LogP contribution < -0.4 is 0 Å². The maximum Gasteiger partial charge on any atom is 0.404 e. The molecule has 2 saturated heterocycles. The molecule has 0 radical (unpaired) electrons. The van der Waals surface area contributed by atoms with Gasteiger partial charge in [0.1, 0.15) is 6.10 Å². The smallest absolute Gasteiger partial charge is 0.404 e. The van der Waals surface area contributed by atoms with Gasteiger partial charge < -0.3 is 4.74 Å². The average molecular weight is 240 g/mol. The number of rotatable bonds is 1. The predicted molar refractivity (Wildman–Crippen MR) is 57.2 cm³/mol. The molecule has 82 valence electrons. The lowest BCUT2D eigenvalue weighted by atomic mass is 10.0. The standard InChI is InChI=1S/C9H14ClNO2.ClH/c10-9(12)13-8-4-6-11-5-2-1-3-7(8)11;/h7-8H,1-6H2;1H. The number of halogens is 2. The molecule has 3 nitrogen and oxygen atoms in total. The lowest BCUT2D eigenvalue weighted by molar-refractivity contribution is 0.0733. The summed E-state index contributed by atoms with van der Waals surface area (Å²) in [5.74, 6) is 0. The van der Waals surface area contributed by atoms with Crippen molar-refractivity contribution in [2.45, 2.75) is 37.8 Å². The summed E-state index contributed by atoms with van der Waals surface area (Å²) >= 11 is 5.21. The largest absolute Gasteiger partial charge is 0.449 e. The molecular weight excluding hydrogens is 225 g/mol. The van der Waals surface area contributed by atoms with E-state index in [1.165, 1.54) is 12.8 Å². The lowest BCUT2D eigenvalue weighted by Crippen LogP contribution is -2.40. The maximum absolute atomic E-state index is 10.6. The van der Waals surface area contributed by atoms with E-state index in [2.05, 4.69) is 4.90 Å². The number of hydrogen-bond acceptors (Lipinski definition) is 3. The Morgan fingerprint density at radius 2 is 2.07 bits per heavy atom. The number of carbonyl (C=O) groups excluding carboxylic acids is 1. The van der Waals surface area contributed by atoms with Crippen molar-refractivity contribution in [1.82, 2.24) is 4.90 Å². The van der Waals surface area contributed by atoms with Gasteiger partial charge in [-0.25, -0.2) is 4.79 Å². The van der Waals surface area contributed by atoms with Crippen molar-refractivity contribution in [1.29, 1.82) is 0 Å². The van der Waals surface area contributed by atoms with Crippen LogP contribution in [0, 0.1) is 0 Å². The van der Waals surface area contributed by atoms with Crippen molar-refractivity contribution < 1.29 is 9.53 Å². The van der Waals surface area contributed by atoms with E-state index >= 15 is 0 Å². The van der Waals surface area contributed by atoms with E-state index in [1.807, 2.05) is 0 Å². The lowest BCUT2D eigenvalue weighted by Gasteiger charge is -2.31. The Labute approximate surface area is 95.1 Å². The highest BCUT2D eigenvalue weighted by Gasteiger charge is 2.37. The zero-order chi connectivity index (χ0) is 9.26. The first-order valence-electron chi connectivity index (χ1n) is 4.87. The van der Waals surface area contributed by atoms with Crippen LogP contribution in [0.1, 0.15) is 25.7 Å². The number of fused-ring (bicyclic) bond motifs is 1. The minimum Gasteiger partial charge on any atom is -0.449 e. The highest BCUT2D eigenvalue weighted by atomic mass is 35.5. The third kappa shape index (κ3) is 2.53. The zero-order valence-electron chi connectivity index (χ0n) is 7.95. The van der Waals surface area contributed by atoms with Gasteiger partial charge in [0.2, 0.25) is 0 Å². The highest BCUT2D eigenvalue weighted by molar-refractivity contribution is 6.61. The number of nitrogens with zero attached hydrogens (tertiary/aromatic N) is 1. The topological polar surface area (TPSA) is 29.5 Å². The normalized spacial score (nSPS) is 31.8. The minimum atomic E-state index is -0.655. The molecule has 2 atom stereocenters. The molecule has 5 heteroatoms. The molecule has 2 fully saturated rings. The number of hydrogen-bond donors (Lipinski definition) is 0. The SMILES string of the molecule is Cl.O=C(Cl)OC1CCN2CCCCC12. The molecule has 0 aromatic carbocycles. The summed E-state index contributed by atoms with van der Waals surface area (Å²) in [6, 6.07) is 0.441. The fraction of sp³-hybridized carbons (Fsp3) is 0.889. The molecule has 0 amide bonds. The van der Waals surface area contributed by atoms with Crippen molar-refractivity contribution >= 4 is 29.4 Å². The van der Waals surface area contributed by atoms with Crippen molar-refractivity contribution in [3.8, 4) is 0 Å². The van der Waals surface area contributed by atoms with Crippen LogP contribution in [0.3, 0.4) is 0 Å². The molecular formula is C9H15Cl2NO2. The molecule has 2 aliphatic heterocycles. The molecule has 0 saturated carbocycles. The van der Waals surface area contributed by atoms with Crippen molar-refractivity contribution in [2.24, 2.45) is 0 Å². The third-order valence-electron chi connectivity index (χ3n) is 3.04. The van der Waals surface area contributed by atoms with Gasteiger partial charge in [-0.15, -0.1) is 12.4 Å². The molecule has 0 aromatic heterocycles. The zero-order valence-corrected chi connectivity index (χ0v) is 9.52. The van der Waals surface area contributed by atoms with E-state index < -0.39 is 5.43 Å². The minimum absolute atomic E-state index is 0. The fourth-order valence-corrected chi connectivity index (χ4v) is 2.57. The van der Waals surface area contributed by atoms with Crippen molar-refractivity contribution in [3.05, 3.63) is 0 Å². The van der Waals surface area contributed by atoms with Gasteiger partial charge in [-0.1, -0.05) is 6.42 Å². The molecule has 0 aromatic rings. The van der Waals surface area contributed by atoms with Crippen LogP contribution in [-0.4, -0.2) is 35.6 Å². The predicted octanol–water partition coefficient (Wildman–Crippen LogP) is 2.41. The van der Waals surface area contributed by atoms with Gasteiger partial charge in [0, 0.05) is 24.2 Å². The monoisotopic (exact) mass is 239 g/mol. The number of carbonyl (C=O) groups is 1. The van der Waals surface area contributed by atoms with Crippen LogP contribution in [0.5, 0.6) is 0 Å². The van der Waals surface area contributed by atoms with Gasteiger partial charge in [0.05, 0.1) is 0 Å². The van der Waals surface area contributed by atoms with E-state index in [1.54, 1.807) is 0 Å². The van der Waals surface area contributed by atoms with Gasteiger partial charge in [-0.05, 0) is 25.8 Å². The molecule has 0 bridgehead atoms. The van der Waals surface area contributed by atoms with E-state index in [9.17, 15) is 4.79 Å². The van der Waals surface area contributed by atoms with Crippen LogP contribution in [0.15, 0.2) is 0 Å². The second-order valence-corrected chi connectivity index (χ2v) is 4.09. The van der Waals surface area contributed by atoms with E-state index in [0.29, 0.717) is 6.04 Å². The van der Waals surface area contributed by atoms with Crippen LogP contribution in [0.4, 0.5) is 4.79 Å². The Morgan fingerprint density at radius 1 is 1.29 bits per heavy atom. The first-order valence-corrected chi connectivity index (χ1v) is 5.25. The Balaban J connectivity index is 0.000000980. The van der Waals surface area contributed by atoms with Gasteiger partial charge in [0.15, 0.2) is 0 Å². The Bertz CT molecular complexity index is 213. The Hall–Kier alpha value is 0.01000. The number of piperidine rings is 1. The average Bonchev–Trinajstić information content (AvgIpc) is 2.48. The summed E-state index contributed by atoms with van der Waals surface area (Å²) < 4.78 is 5.07. The van der Waals surface area contributed by atoms with Crippen molar-refractivity contribution in [2.75, 3.05) is 13.1 Å². The second kappa shape index (κ2) is 5.19. The first kappa shape index (κ1) is 12.1. The summed E-state index contributed by atoms with van der Waals surface area (Å²) in [6.07, 6.45) is 4.67. The van der Waals surface area contributed by atoms with E-state index in [4.69, 9.17) is 16.3 Å². The van der Waals surface area contributed by atoms with Crippen molar-refractivity contribution in [3.63, 3.8) is 0 Å². The molecule has 2 rings (SSSR count). The fourth-order valence-electron chi connectivity index (χ4n) is 2.46.